The average molecular weight is 289 g/mol. The first-order valence-corrected chi connectivity index (χ1v) is 5.81. The van der Waals surface area contributed by atoms with Crippen molar-refractivity contribution in [2.75, 3.05) is 7.11 Å². The number of methoxy groups -OCH3 is 1. The number of amides is 1. The van der Waals surface area contributed by atoms with E-state index in [0.717, 1.165) is 0 Å². The van der Waals surface area contributed by atoms with Gasteiger partial charge < -0.3 is 15.3 Å². The Balaban J connectivity index is 0.00000220. The van der Waals surface area contributed by atoms with Crippen LogP contribution >= 0.6 is 0 Å². The van der Waals surface area contributed by atoms with E-state index in [1.807, 2.05) is 0 Å². The fourth-order valence-electron chi connectivity index (χ4n) is 1.51. The summed E-state index contributed by atoms with van der Waals surface area (Å²) in [5.41, 5.74) is 3.56. The molecule has 0 fully saturated rings. The summed E-state index contributed by atoms with van der Waals surface area (Å²) < 4.78 is 4.98. The molecule has 0 aliphatic carbocycles. The van der Waals surface area contributed by atoms with Crippen LogP contribution in [0.5, 0.6) is 11.5 Å². The van der Waals surface area contributed by atoms with Gasteiger partial charge in [-0.1, -0.05) is 0 Å². The van der Waals surface area contributed by atoms with Crippen LogP contribution in [0.15, 0.2) is 47.8 Å². The summed E-state index contributed by atoms with van der Waals surface area (Å²) in [6.45, 7) is 0. The van der Waals surface area contributed by atoms with E-state index in [-0.39, 0.29) is 17.1 Å². The second kappa shape index (κ2) is 7.61. The van der Waals surface area contributed by atoms with Crippen molar-refractivity contribution >= 4 is 12.1 Å². The number of hydrogen-bond acceptors (Lipinski definition) is 5. The van der Waals surface area contributed by atoms with Gasteiger partial charge in [0, 0.05) is 18.0 Å². The van der Waals surface area contributed by atoms with Crippen molar-refractivity contribution in [1.29, 1.82) is 0 Å². The van der Waals surface area contributed by atoms with Crippen molar-refractivity contribution in [3.8, 4) is 11.5 Å². The molecule has 7 nitrogen and oxygen atoms in total. The SMILES string of the molecule is COc1cc(/C=N/NC(=O)c2ccncc2)ccc1O.O. The van der Waals surface area contributed by atoms with Crippen LogP contribution in [0.1, 0.15) is 15.9 Å². The van der Waals surface area contributed by atoms with Gasteiger partial charge in [-0.3, -0.25) is 9.78 Å². The molecular formula is C14H15N3O4. The predicted octanol–water partition coefficient (Wildman–Crippen LogP) is 0.735. The van der Waals surface area contributed by atoms with Crippen LogP contribution in [0.25, 0.3) is 0 Å². The highest BCUT2D eigenvalue weighted by atomic mass is 16.5. The Kier molecular flexibility index (Phi) is 5.84. The van der Waals surface area contributed by atoms with E-state index >= 15 is 0 Å². The smallest absolute Gasteiger partial charge is 0.271 e. The van der Waals surface area contributed by atoms with E-state index in [9.17, 15) is 9.90 Å². The van der Waals surface area contributed by atoms with Gasteiger partial charge in [-0.25, -0.2) is 5.43 Å². The number of ether oxygens (including phenoxy) is 1. The normalized spacial score (nSPS) is 9.95. The molecule has 0 atom stereocenters. The topological polar surface area (TPSA) is 115 Å². The lowest BCUT2D eigenvalue weighted by Crippen LogP contribution is -2.17. The van der Waals surface area contributed by atoms with Gasteiger partial charge in [-0.2, -0.15) is 5.10 Å². The lowest BCUT2D eigenvalue weighted by molar-refractivity contribution is 0.0955. The van der Waals surface area contributed by atoms with Gasteiger partial charge in [0.15, 0.2) is 11.5 Å². The summed E-state index contributed by atoms with van der Waals surface area (Å²) in [5.74, 6) is 0.0641. The number of hydrogen-bond donors (Lipinski definition) is 2. The molecule has 2 aromatic rings. The van der Waals surface area contributed by atoms with Crippen molar-refractivity contribution in [1.82, 2.24) is 10.4 Å². The number of nitrogens with zero attached hydrogens (tertiary/aromatic N) is 2. The van der Waals surface area contributed by atoms with Gasteiger partial charge in [-0.05, 0) is 35.9 Å². The Labute approximate surface area is 121 Å². The maximum absolute atomic E-state index is 11.7. The molecule has 0 aliphatic rings. The number of rotatable bonds is 4. The lowest BCUT2D eigenvalue weighted by atomic mass is 10.2. The number of hydrazone groups is 1. The standard InChI is InChI=1S/C14H13N3O3.H2O/c1-20-13-8-10(2-3-12(13)18)9-16-17-14(19)11-4-6-15-7-5-11;/h2-9,18H,1H3,(H,17,19);1H2/b16-9+;. The molecule has 1 aromatic carbocycles. The molecule has 7 heteroatoms. The minimum Gasteiger partial charge on any atom is -0.504 e. The molecule has 1 amide bonds. The Bertz CT molecular complexity index is 629. The van der Waals surface area contributed by atoms with Crippen molar-refractivity contribution in [3.63, 3.8) is 0 Å². The van der Waals surface area contributed by atoms with Crippen molar-refractivity contribution in [3.05, 3.63) is 53.9 Å². The van der Waals surface area contributed by atoms with Gasteiger partial charge in [0.25, 0.3) is 5.91 Å². The first kappa shape index (κ1) is 16.1. The summed E-state index contributed by atoms with van der Waals surface area (Å²) in [4.78, 5) is 15.5. The number of carbonyl (C=O) groups excluding carboxylic acids is 1. The Hall–Kier alpha value is -2.93. The van der Waals surface area contributed by atoms with Crippen LogP contribution < -0.4 is 10.2 Å². The lowest BCUT2D eigenvalue weighted by Gasteiger charge is -2.03. The first-order valence-electron chi connectivity index (χ1n) is 5.81. The second-order valence-electron chi connectivity index (χ2n) is 3.87. The minimum absolute atomic E-state index is 0. The van der Waals surface area contributed by atoms with Gasteiger partial charge in [-0.15, -0.1) is 0 Å². The summed E-state index contributed by atoms with van der Waals surface area (Å²) in [7, 11) is 1.46. The van der Waals surface area contributed by atoms with Crippen LogP contribution in [-0.4, -0.2) is 34.8 Å². The fraction of sp³-hybridized carbons (Fsp3) is 0.0714. The van der Waals surface area contributed by atoms with Crippen LogP contribution in [0, 0.1) is 0 Å². The van der Waals surface area contributed by atoms with Crippen molar-refractivity contribution < 1.29 is 20.1 Å². The molecule has 21 heavy (non-hydrogen) atoms. The number of pyridine rings is 1. The molecule has 0 unspecified atom stereocenters. The van der Waals surface area contributed by atoms with E-state index in [0.29, 0.717) is 16.9 Å². The van der Waals surface area contributed by atoms with Crippen LogP contribution in [0.3, 0.4) is 0 Å². The van der Waals surface area contributed by atoms with E-state index < -0.39 is 0 Å². The third kappa shape index (κ3) is 4.29. The quantitative estimate of drug-likeness (QED) is 0.637. The maximum Gasteiger partial charge on any atom is 0.271 e. The van der Waals surface area contributed by atoms with Gasteiger partial charge >= 0.3 is 0 Å². The fourth-order valence-corrected chi connectivity index (χ4v) is 1.51. The highest BCUT2D eigenvalue weighted by Gasteiger charge is 2.03. The molecule has 0 saturated heterocycles. The molecule has 0 spiro atoms. The monoisotopic (exact) mass is 289 g/mol. The minimum atomic E-state index is -0.325. The predicted molar refractivity (Wildman–Crippen MR) is 77.6 cm³/mol. The highest BCUT2D eigenvalue weighted by Crippen LogP contribution is 2.25. The number of phenols is 1. The van der Waals surface area contributed by atoms with E-state index in [1.165, 1.54) is 31.8 Å². The zero-order chi connectivity index (χ0) is 14.4. The molecule has 2 rings (SSSR count). The van der Waals surface area contributed by atoms with E-state index in [4.69, 9.17) is 4.74 Å². The number of nitrogens with one attached hydrogen (secondary N) is 1. The van der Waals surface area contributed by atoms with Crippen LogP contribution in [-0.2, 0) is 0 Å². The van der Waals surface area contributed by atoms with E-state index in [2.05, 4.69) is 15.5 Å². The van der Waals surface area contributed by atoms with E-state index in [1.54, 1.807) is 24.3 Å². The largest absolute Gasteiger partial charge is 0.504 e. The zero-order valence-electron chi connectivity index (χ0n) is 11.3. The van der Waals surface area contributed by atoms with Crippen LogP contribution in [0.4, 0.5) is 0 Å². The third-order valence-corrected chi connectivity index (χ3v) is 2.53. The number of phenolic OH excluding ortho intramolecular Hbond substituents is 1. The summed E-state index contributed by atoms with van der Waals surface area (Å²) >= 11 is 0. The molecule has 0 saturated carbocycles. The molecule has 1 aromatic heterocycles. The number of aromatic nitrogens is 1. The molecule has 0 radical (unpaired) electrons. The Morgan fingerprint density at radius 1 is 1.33 bits per heavy atom. The molecule has 4 N–H and O–H groups in total. The van der Waals surface area contributed by atoms with Crippen molar-refractivity contribution in [2.24, 2.45) is 5.10 Å². The molecule has 110 valence electrons. The van der Waals surface area contributed by atoms with Crippen molar-refractivity contribution in [2.45, 2.75) is 0 Å². The van der Waals surface area contributed by atoms with Crippen LogP contribution in [0.2, 0.25) is 0 Å². The number of aromatic hydroxyl groups is 1. The maximum atomic E-state index is 11.7. The van der Waals surface area contributed by atoms with Gasteiger partial charge in [0.2, 0.25) is 0 Å². The molecule has 0 aliphatic heterocycles. The second-order valence-corrected chi connectivity index (χ2v) is 3.87. The average Bonchev–Trinajstić information content (AvgIpc) is 2.49. The van der Waals surface area contributed by atoms with Gasteiger partial charge in [0.1, 0.15) is 0 Å². The molecule has 0 bridgehead atoms. The zero-order valence-corrected chi connectivity index (χ0v) is 11.3. The molecular weight excluding hydrogens is 274 g/mol. The highest BCUT2D eigenvalue weighted by molar-refractivity contribution is 5.94. The summed E-state index contributed by atoms with van der Waals surface area (Å²) in [6, 6.07) is 7.94. The summed E-state index contributed by atoms with van der Waals surface area (Å²) in [5, 5.41) is 13.3. The summed E-state index contributed by atoms with van der Waals surface area (Å²) in [6.07, 6.45) is 4.52. The Morgan fingerprint density at radius 2 is 2.05 bits per heavy atom. The van der Waals surface area contributed by atoms with Gasteiger partial charge in [0.05, 0.1) is 13.3 Å². The third-order valence-electron chi connectivity index (χ3n) is 2.53. The molecule has 1 heterocycles. The first-order chi connectivity index (χ1) is 9.70. The Morgan fingerprint density at radius 3 is 2.71 bits per heavy atom. The number of carbonyl (C=O) groups is 1. The number of benzene rings is 1.